The van der Waals surface area contributed by atoms with Crippen molar-refractivity contribution in [3.8, 4) is 22.5 Å². The van der Waals surface area contributed by atoms with Crippen LogP contribution in [-0.2, 0) is 13.1 Å². The van der Waals surface area contributed by atoms with E-state index in [4.69, 9.17) is 9.97 Å². The van der Waals surface area contributed by atoms with Crippen molar-refractivity contribution in [1.29, 1.82) is 0 Å². The van der Waals surface area contributed by atoms with Crippen LogP contribution < -0.4 is 10.6 Å². The average Bonchev–Trinajstić information content (AvgIpc) is 3.45. The lowest BCUT2D eigenvalue weighted by molar-refractivity contribution is 0.815. The fourth-order valence-corrected chi connectivity index (χ4v) is 4.54. The Balaban J connectivity index is 1.20. The van der Waals surface area contributed by atoms with Crippen LogP contribution in [0.15, 0.2) is 97.3 Å². The number of nitrogens with zero attached hydrogens (tertiary/aromatic N) is 5. The van der Waals surface area contributed by atoms with Crippen molar-refractivity contribution in [2.24, 2.45) is 0 Å². The van der Waals surface area contributed by atoms with Crippen LogP contribution in [0, 0.1) is 0 Å². The molecule has 0 saturated carbocycles. The predicted octanol–water partition coefficient (Wildman–Crippen LogP) is 6.82. The second kappa shape index (κ2) is 11.3. The summed E-state index contributed by atoms with van der Waals surface area (Å²) in [5.41, 5.74) is 8.89. The summed E-state index contributed by atoms with van der Waals surface area (Å²) in [6.07, 6.45) is 3.62. The molecule has 0 saturated heterocycles. The summed E-state index contributed by atoms with van der Waals surface area (Å²) in [7, 11) is 0. The highest BCUT2D eigenvalue weighted by atomic mass is 15.2. The average molecular weight is 527 g/mol. The van der Waals surface area contributed by atoms with Gasteiger partial charge in [0.25, 0.3) is 0 Å². The molecular formula is C32H30N8. The first-order valence-corrected chi connectivity index (χ1v) is 13.4. The Bertz CT molecular complexity index is 1690. The Labute approximate surface area is 233 Å². The fraction of sp³-hybridized carbons (Fsp3) is 0.156. The Morgan fingerprint density at radius 3 is 1.75 bits per heavy atom. The number of rotatable bonds is 9. The number of pyridine rings is 2. The van der Waals surface area contributed by atoms with Crippen LogP contribution in [0.4, 0.5) is 11.8 Å². The highest BCUT2D eigenvalue weighted by Crippen LogP contribution is 2.28. The standard InChI is InChI=1S/C32H30N8/c1-21(2)28-29-30(40-39-28)31(35-19-22-9-13-24(14-10-22)26-7-3-5-17-33-26)38-32(37-29)36-20-23-11-15-25(16-12-23)27-8-4-6-18-34-27/h3-18,21H,19-20H2,1-2H3,(H,39,40)(H2,35,36,37,38). The van der Waals surface area contributed by atoms with E-state index in [0.29, 0.717) is 24.9 Å². The molecule has 0 aliphatic heterocycles. The molecule has 4 heterocycles. The minimum absolute atomic E-state index is 0.249. The van der Waals surface area contributed by atoms with Crippen LogP contribution in [0.1, 0.15) is 36.6 Å². The van der Waals surface area contributed by atoms with Gasteiger partial charge in [-0.1, -0.05) is 74.5 Å². The van der Waals surface area contributed by atoms with E-state index in [1.807, 2.05) is 48.8 Å². The van der Waals surface area contributed by atoms with Crippen molar-refractivity contribution < 1.29 is 0 Å². The number of hydrogen-bond donors (Lipinski definition) is 3. The molecule has 0 atom stereocenters. The summed E-state index contributed by atoms with van der Waals surface area (Å²) in [5, 5.41) is 14.6. The third-order valence-electron chi connectivity index (χ3n) is 6.74. The van der Waals surface area contributed by atoms with Crippen molar-refractivity contribution in [3.05, 3.63) is 114 Å². The molecule has 0 fully saturated rings. The molecule has 0 aliphatic rings. The van der Waals surface area contributed by atoms with Crippen LogP contribution in [0.2, 0.25) is 0 Å². The monoisotopic (exact) mass is 526 g/mol. The quantitative estimate of drug-likeness (QED) is 0.190. The zero-order valence-corrected chi connectivity index (χ0v) is 22.5. The summed E-state index contributed by atoms with van der Waals surface area (Å²) >= 11 is 0. The van der Waals surface area contributed by atoms with Crippen LogP contribution in [0.25, 0.3) is 33.5 Å². The van der Waals surface area contributed by atoms with E-state index in [-0.39, 0.29) is 5.92 Å². The van der Waals surface area contributed by atoms with Gasteiger partial charge < -0.3 is 10.6 Å². The summed E-state index contributed by atoms with van der Waals surface area (Å²) in [4.78, 5) is 18.5. The van der Waals surface area contributed by atoms with E-state index < -0.39 is 0 Å². The summed E-state index contributed by atoms with van der Waals surface area (Å²) in [5.74, 6) is 1.49. The minimum atomic E-state index is 0.249. The molecule has 2 aromatic carbocycles. The van der Waals surface area contributed by atoms with Gasteiger partial charge in [0.2, 0.25) is 5.95 Å². The molecule has 0 spiro atoms. The van der Waals surface area contributed by atoms with Gasteiger partial charge in [-0.05, 0) is 41.3 Å². The highest BCUT2D eigenvalue weighted by Gasteiger charge is 2.17. The first-order chi connectivity index (χ1) is 19.6. The Morgan fingerprint density at radius 2 is 1.23 bits per heavy atom. The Morgan fingerprint density at radius 1 is 0.650 bits per heavy atom. The molecule has 0 aliphatic carbocycles. The van der Waals surface area contributed by atoms with Crippen molar-refractivity contribution in [2.45, 2.75) is 32.9 Å². The molecular weight excluding hydrogens is 496 g/mol. The molecule has 8 nitrogen and oxygen atoms in total. The maximum absolute atomic E-state index is 4.82. The van der Waals surface area contributed by atoms with E-state index in [2.05, 4.69) is 93.2 Å². The van der Waals surface area contributed by atoms with Gasteiger partial charge in [-0.2, -0.15) is 10.1 Å². The smallest absolute Gasteiger partial charge is 0.225 e. The van der Waals surface area contributed by atoms with Crippen LogP contribution in [-0.4, -0.2) is 30.1 Å². The Kier molecular flexibility index (Phi) is 7.13. The van der Waals surface area contributed by atoms with Gasteiger partial charge in [0.1, 0.15) is 5.52 Å². The third kappa shape index (κ3) is 5.51. The largest absolute Gasteiger partial charge is 0.364 e. The van der Waals surface area contributed by atoms with Gasteiger partial charge in [-0.15, -0.1) is 0 Å². The van der Waals surface area contributed by atoms with Gasteiger partial charge in [-0.3, -0.25) is 15.1 Å². The van der Waals surface area contributed by atoms with Crippen molar-refractivity contribution in [2.75, 3.05) is 10.6 Å². The normalized spacial score (nSPS) is 11.2. The maximum atomic E-state index is 4.82. The fourth-order valence-electron chi connectivity index (χ4n) is 4.54. The number of fused-ring (bicyclic) bond motifs is 1. The van der Waals surface area contributed by atoms with Crippen LogP contribution >= 0.6 is 0 Å². The van der Waals surface area contributed by atoms with Gasteiger partial charge in [-0.25, -0.2) is 4.98 Å². The van der Waals surface area contributed by atoms with Gasteiger partial charge in [0.05, 0.1) is 17.1 Å². The molecule has 198 valence electrons. The molecule has 8 heteroatoms. The zero-order chi connectivity index (χ0) is 27.3. The highest BCUT2D eigenvalue weighted by molar-refractivity contribution is 5.88. The number of anilines is 2. The van der Waals surface area contributed by atoms with E-state index >= 15 is 0 Å². The summed E-state index contributed by atoms with van der Waals surface area (Å²) in [6, 6.07) is 28.6. The number of aromatic amines is 1. The number of H-pyrrole nitrogens is 1. The SMILES string of the molecule is CC(C)c1[nH]nc2c(NCc3ccc(-c4ccccn4)cc3)nc(NCc3ccc(-c4ccccn4)cc3)nc12. The topological polar surface area (TPSA) is 104 Å². The number of nitrogens with one attached hydrogen (secondary N) is 3. The lowest BCUT2D eigenvalue weighted by atomic mass is 10.1. The van der Waals surface area contributed by atoms with E-state index in [9.17, 15) is 0 Å². The first kappa shape index (κ1) is 25.2. The molecule has 6 aromatic rings. The van der Waals surface area contributed by atoms with Crippen LogP contribution in [0.5, 0.6) is 0 Å². The number of benzene rings is 2. The second-order valence-electron chi connectivity index (χ2n) is 9.92. The maximum Gasteiger partial charge on any atom is 0.225 e. The molecule has 0 amide bonds. The molecule has 0 unspecified atom stereocenters. The first-order valence-electron chi connectivity index (χ1n) is 13.4. The van der Waals surface area contributed by atoms with E-state index in [1.165, 1.54) is 0 Å². The third-order valence-corrected chi connectivity index (χ3v) is 6.74. The number of aromatic nitrogens is 6. The van der Waals surface area contributed by atoms with Gasteiger partial charge >= 0.3 is 0 Å². The summed E-state index contributed by atoms with van der Waals surface area (Å²) in [6.45, 7) is 5.45. The van der Waals surface area contributed by atoms with E-state index in [1.54, 1.807) is 0 Å². The van der Waals surface area contributed by atoms with E-state index in [0.717, 1.165) is 50.4 Å². The van der Waals surface area contributed by atoms with Gasteiger partial charge in [0.15, 0.2) is 11.3 Å². The van der Waals surface area contributed by atoms with Crippen molar-refractivity contribution in [3.63, 3.8) is 0 Å². The second-order valence-corrected chi connectivity index (χ2v) is 9.92. The lowest BCUT2D eigenvalue weighted by Gasteiger charge is -2.11. The molecule has 40 heavy (non-hydrogen) atoms. The van der Waals surface area contributed by atoms with Crippen molar-refractivity contribution >= 4 is 22.8 Å². The van der Waals surface area contributed by atoms with Crippen molar-refractivity contribution in [1.82, 2.24) is 30.1 Å². The van der Waals surface area contributed by atoms with Gasteiger partial charge in [0, 0.05) is 36.6 Å². The Hall–Kier alpha value is -5.11. The molecule has 4 aromatic heterocycles. The molecule has 3 N–H and O–H groups in total. The molecule has 6 rings (SSSR count). The number of hydrogen-bond acceptors (Lipinski definition) is 7. The van der Waals surface area contributed by atoms with Crippen LogP contribution in [0.3, 0.4) is 0 Å². The molecule has 0 bridgehead atoms. The minimum Gasteiger partial charge on any atom is -0.364 e. The lowest BCUT2D eigenvalue weighted by Crippen LogP contribution is -2.08. The predicted molar refractivity (Wildman–Crippen MR) is 160 cm³/mol. The zero-order valence-electron chi connectivity index (χ0n) is 22.5. The molecule has 0 radical (unpaired) electrons. The summed E-state index contributed by atoms with van der Waals surface area (Å²) < 4.78 is 0.